The van der Waals surface area contributed by atoms with Gasteiger partial charge < -0.3 is 10.4 Å². The van der Waals surface area contributed by atoms with Crippen molar-refractivity contribution in [3.63, 3.8) is 0 Å². The molecule has 0 spiro atoms. The van der Waals surface area contributed by atoms with Crippen LogP contribution in [0, 0.1) is 11.3 Å². The lowest BCUT2D eigenvalue weighted by Gasteiger charge is -2.07. The van der Waals surface area contributed by atoms with Crippen LogP contribution in [-0.2, 0) is 19.7 Å². The number of hydrogen-bond acceptors (Lipinski definition) is 4. The first-order valence-electron chi connectivity index (χ1n) is 5.69. The fraction of sp³-hybridized carbons (Fsp3) is 0.214. The maximum absolute atomic E-state index is 9.21. The Morgan fingerprint density at radius 3 is 2.67 bits per heavy atom. The van der Waals surface area contributed by atoms with Crippen LogP contribution in [0.1, 0.15) is 21.6 Å². The average molecular weight is 258 g/mol. The molecule has 0 amide bonds. The van der Waals surface area contributed by atoms with Crippen molar-refractivity contribution >= 4 is 11.3 Å². The SMILES string of the molecule is N#Cc1csc(CNCc2ccccc2CO)c1. The molecule has 0 atom stereocenters. The van der Waals surface area contributed by atoms with E-state index in [4.69, 9.17) is 5.26 Å². The van der Waals surface area contributed by atoms with Gasteiger partial charge in [0.25, 0.3) is 0 Å². The Bertz CT molecular complexity index is 557. The summed E-state index contributed by atoms with van der Waals surface area (Å²) in [4.78, 5) is 1.15. The second kappa shape index (κ2) is 6.31. The van der Waals surface area contributed by atoms with Crippen molar-refractivity contribution in [1.82, 2.24) is 5.32 Å². The standard InChI is InChI=1S/C14H14N2OS/c15-6-11-5-14(18-10-11)8-16-7-12-3-1-2-4-13(12)9-17/h1-5,10,16-17H,7-9H2. The maximum atomic E-state index is 9.21. The van der Waals surface area contributed by atoms with Crippen LogP contribution < -0.4 is 5.32 Å². The first kappa shape index (κ1) is 12.8. The minimum atomic E-state index is 0.0649. The van der Waals surface area contributed by atoms with Crippen LogP contribution in [-0.4, -0.2) is 5.11 Å². The molecule has 2 aromatic rings. The molecule has 0 saturated carbocycles. The Morgan fingerprint density at radius 2 is 2.00 bits per heavy atom. The zero-order chi connectivity index (χ0) is 12.8. The molecule has 3 nitrogen and oxygen atoms in total. The van der Waals surface area contributed by atoms with Gasteiger partial charge in [-0.05, 0) is 17.2 Å². The third-order valence-corrected chi connectivity index (χ3v) is 3.62. The summed E-state index contributed by atoms with van der Waals surface area (Å²) in [5.41, 5.74) is 2.78. The molecular weight excluding hydrogens is 244 g/mol. The van der Waals surface area contributed by atoms with Gasteiger partial charge in [0, 0.05) is 23.3 Å². The monoisotopic (exact) mass is 258 g/mol. The van der Waals surface area contributed by atoms with Crippen molar-refractivity contribution in [2.75, 3.05) is 0 Å². The molecule has 92 valence electrons. The number of rotatable bonds is 5. The molecule has 0 aliphatic carbocycles. The summed E-state index contributed by atoms with van der Waals surface area (Å²) < 4.78 is 0. The fourth-order valence-electron chi connectivity index (χ4n) is 1.74. The Balaban J connectivity index is 1.90. The zero-order valence-corrected chi connectivity index (χ0v) is 10.7. The summed E-state index contributed by atoms with van der Waals surface area (Å²) in [7, 11) is 0. The molecule has 0 radical (unpaired) electrons. The van der Waals surface area contributed by atoms with Gasteiger partial charge >= 0.3 is 0 Å². The molecule has 1 aromatic heterocycles. The van der Waals surface area contributed by atoms with E-state index in [9.17, 15) is 5.11 Å². The highest BCUT2D eigenvalue weighted by Gasteiger charge is 2.01. The van der Waals surface area contributed by atoms with E-state index >= 15 is 0 Å². The second-order valence-electron chi connectivity index (χ2n) is 3.94. The lowest BCUT2D eigenvalue weighted by molar-refractivity contribution is 0.280. The van der Waals surface area contributed by atoms with Crippen molar-refractivity contribution in [1.29, 1.82) is 5.26 Å². The van der Waals surface area contributed by atoms with E-state index in [1.165, 1.54) is 0 Å². The van der Waals surface area contributed by atoms with Crippen molar-refractivity contribution in [2.24, 2.45) is 0 Å². The number of aliphatic hydroxyl groups is 1. The quantitative estimate of drug-likeness (QED) is 0.866. The van der Waals surface area contributed by atoms with Gasteiger partial charge in [0.15, 0.2) is 0 Å². The van der Waals surface area contributed by atoms with Gasteiger partial charge in [0.1, 0.15) is 6.07 Å². The number of benzene rings is 1. The van der Waals surface area contributed by atoms with Gasteiger partial charge in [-0.2, -0.15) is 5.26 Å². The van der Waals surface area contributed by atoms with Crippen LogP contribution in [0.15, 0.2) is 35.7 Å². The topological polar surface area (TPSA) is 56.0 Å². The van der Waals surface area contributed by atoms with Crippen molar-refractivity contribution < 1.29 is 5.11 Å². The van der Waals surface area contributed by atoms with Gasteiger partial charge in [-0.15, -0.1) is 11.3 Å². The highest BCUT2D eigenvalue weighted by atomic mass is 32.1. The van der Waals surface area contributed by atoms with Gasteiger partial charge in [-0.1, -0.05) is 24.3 Å². The smallest absolute Gasteiger partial charge is 0.100 e. The molecule has 0 aliphatic rings. The third-order valence-electron chi connectivity index (χ3n) is 2.69. The van der Waals surface area contributed by atoms with Crippen molar-refractivity contribution in [3.8, 4) is 6.07 Å². The minimum Gasteiger partial charge on any atom is -0.392 e. The Hall–Kier alpha value is -1.67. The normalized spacial score (nSPS) is 10.2. The Kier molecular flexibility index (Phi) is 4.48. The molecule has 1 aromatic carbocycles. The number of aliphatic hydroxyl groups excluding tert-OH is 1. The van der Waals surface area contributed by atoms with E-state index in [-0.39, 0.29) is 6.61 Å². The third kappa shape index (κ3) is 3.17. The average Bonchev–Trinajstić information content (AvgIpc) is 2.87. The van der Waals surface area contributed by atoms with E-state index in [0.29, 0.717) is 5.56 Å². The molecule has 1 heterocycles. The van der Waals surface area contributed by atoms with Gasteiger partial charge in [-0.3, -0.25) is 0 Å². The van der Waals surface area contributed by atoms with Crippen LogP contribution in [0.2, 0.25) is 0 Å². The molecule has 2 rings (SSSR count). The van der Waals surface area contributed by atoms with E-state index in [0.717, 1.165) is 29.1 Å². The van der Waals surface area contributed by atoms with E-state index in [1.807, 2.05) is 35.7 Å². The largest absolute Gasteiger partial charge is 0.392 e. The molecular formula is C14H14N2OS. The number of hydrogen-bond donors (Lipinski definition) is 2. The highest BCUT2D eigenvalue weighted by molar-refractivity contribution is 7.10. The molecule has 0 aliphatic heterocycles. The highest BCUT2D eigenvalue weighted by Crippen LogP contribution is 2.14. The second-order valence-corrected chi connectivity index (χ2v) is 4.94. The molecule has 4 heteroatoms. The summed E-state index contributed by atoms with van der Waals surface area (Å²) in [5.74, 6) is 0. The summed E-state index contributed by atoms with van der Waals surface area (Å²) >= 11 is 1.58. The van der Waals surface area contributed by atoms with Crippen molar-refractivity contribution in [3.05, 3.63) is 57.3 Å². The summed E-state index contributed by atoms with van der Waals surface area (Å²) in [6.07, 6.45) is 0. The molecule has 2 N–H and O–H groups in total. The number of thiophene rings is 1. The zero-order valence-electron chi connectivity index (χ0n) is 9.89. The Morgan fingerprint density at radius 1 is 1.22 bits per heavy atom. The molecule has 0 unspecified atom stereocenters. The van der Waals surface area contributed by atoms with Crippen molar-refractivity contribution in [2.45, 2.75) is 19.7 Å². The molecule has 0 fully saturated rings. The summed E-state index contributed by atoms with van der Waals surface area (Å²) in [6.45, 7) is 1.53. The van der Waals surface area contributed by atoms with Crippen LogP contribution in [0.25, 0.3) is 0 Å². The first-order chi connectivity index (χ1) is 8.83. The predicted octanol–water partition coefficient (Wildman–Crippen LogP) is 2.40. The molecule has 18 heavy (non-hydrogen) atoms. The Labute approximate surface area is 110 Å². The van der Waals surface area contributed by atoms with Crippen LogP contribution in [0.4, 0.5) is 0 Å². The van der Waals surface area contributed by atoms with Crippen LogP contribution in [0.3, 0.4) is 0 Å². The van der Waals surface area contributed by atoms with E-state index in [1.54, 1.807) is 11.3 Å². The number of nitriles is 1. The van der Waals surface area contributed by atoms with Gasteiger partial charge in [-0.25, -0.2) is 0 Å². The number of nitrogens with zero attached hydrogens (tertiary/aromatic N) is 1. The first-order valence-corrected chi connectivity index (χ1v) is 6.57. The van der Waals surface area contributed by atoms with Gasteiger partial charge in [0.2, 0.25) is 0 Å². The molecule has 0 bridgehead atoms. The summed E-state index contributed by atoms with van der Waals surface area (Å²) in [6, 6.07) is 11.8. The molecule has 0 saturated heterocycles. The maximum Gasteiger partial charge on any atom is 0.100 e. The fourth-order valence-corrected chi connectivity index (χ4v) is 2.52. The van der Waals surface area contributed by atoms with E-state index < -0.39 is 0 Å². The van der Waals surface area contributed by atoms with Crippen LogP contribution in [0.5, 0.6) is 0 Å². The lowest BCUT2D eigenvalue weighted by Crippen LogP contribution is -2.13. The van der Waals surface area contributed by atoms with Gasteiger partial charge in [0.05, 0.1) is 12.2 Å². The number of nitrogens with one attached hydrogen (secondary N) is 1. The minimum absolute atomic E-state index is 0.0649. The summed E-state index contributed by atoms with van der Waals surface area (Å²) in [5, 5.41) is 23.1. The van der Waals surface area contributed by atoms with Crippen LogP contribution >= 0.6 is 11.3 Å². The predicted molar refractivity (Wildman–Crippen MR) is 71.9 cm³/mol. The van der Waals surface area contributed by atoms with E-state index in [2.05, 4.69) is 11.4 Å². The lowest BCUT2D eigenvalue weighted by atomic mass is 10.1.